The highest BCUT2D eigenvalue weighted by atomic mass is 32.2. The van der Waals surface area contributed by atoms with E-state index >= 15 is 0 Å². The Balaban J connectivity index is 2.46. The molecule has 0 unspecified atom stereocenters. The van der Waals surface area contributed by atoms with Crippen LogP contribution in [-0.4, -0.2) is 19.9 Å². The van der Waals surface area contributed by atoms with Gasteiger partial charge in [0.2, 0.25) is 10.0 Å². The number of aryl methyl sites for hydroxylation is 2. The van der Waals surface area contributed by atoms with Gasteiger partial charge in [0.05, 0.1) is 5.75 Å². The number of thioether (sulfide) groups is 1. The normalized spacial score (nSPS) is 11.7. The van der Waals surface area contributed by atoms with E-state index in [4.69, 9.17) is 5.14 Å². The lowest BCUT2D eigenvalue weighted by Crippen LogP contribution is -2.16. The molecule has 0 aliphatic rings. The largest absolute Gasteiger partial charge is 0.229 e. The zero-order valence-electron chi connectivity index (χ0n) is 9.56. The van der Waals surface area contributed by atoms with Crippen LogP contribution in [0, 0.1) is 13.8 Å². The molecule has 0 radical (unpaired) electrons. The first-order valence-electron chi connectivity index (χ1n) is 5.09. The molecule has 0 atom stereocenters. The smallest absolute Gasteiger partial charge is 0.209 e. The second-order valence-corrected chi connectivity index (χ2v) is 6.71. The van der Waals surface area contributed by atoms with Crippen LogP contribution in [0.2, 0.25) is 0 Å². The fourth-order valence-corrected chi connectivity index (χ4v) is 3.11. The molecule has 0 saturated carbocycles. The van der Waals surface area contributed by atoms with E-state index in [1.54, 1.807) is 11.8 Å². The van der Waals surface area contributed by atoms with E-state index in [1.165, 1.54) is 16.0 Å². The number of hydrogen-bond donors (Lipinski definition) is 1. The van der Waals surface area contributed by atoms with Crippen molar-refractivity contribution in [3.05, 3.63) is 29.3 Å². The summed E-state index contributed by atoms with van der Waals surface area (Å²) in [6, 6.07) is 6.28. The topological polar surface area (TPSA) is 60.2 Å². The highest BCUT2D eigenvalue weighted by molar-refractivity contribution is 7.99. The molecule has 5 heteroatoms. The third-order valence-corrected chi connectivity index (χ3v) is 4.28. The SMILES string of the molecule is Cc1ccc(C)c(SCCCS(N)(=O)=O)c1. The van der Waals surface area contributed by atoms with Crippen molar-refractivity contribution in [2.24, 2.45) is 5.14 Å². The molecule has 0 heterocycles. The number of sulfonamides is 1. The van der Waals surface area contributed by atoms with Crippen molar-refractivity contribution in [3.63, 3.8) is 0 Å². The minimum absolute atomic E-state index is 0.0604. The summed E-state index contributed by atoms with van der Waals surface area (Å²) in [5.41, 5.74) is 2.45. The number of benzene rings is 1. The van der Waals surface area contributed by atoms with Crippen molar-refractivity contribution >= 4 is 21.8 Å². The number of primary sulfonamides is 1. The van der Waals surface area contributed by atoms with Crippen LogP contribution < -0.4 is 5.14 Å². The maximum atomic E-state index is 10.7. The Bertz CT molecular complexity index is 455. The molecule has 16 heavy (non-hydrogen) atoms. The van der Waals surface area contributed by atoms with Crippen LogP contribution in [0.25, 0.3) is 0 Å². The molecular weight excluding hydrogens is 242 g/mol. The van der Waals surface area contributed by atoms with Crippen molar-refractivity contribution < 1.29 is 8.42 Å². The summed E-state index contributed by atoms with van der Waals surface area (Å²) in [7, 11) is -3.31. The zero-order chi connectivity index (χ0) is 12.2. The van der Waals surface area contributed by atoms with Crippen LogP contribution in [0.4, 0.5) is 0 Å². The average molecular weight is 259 g/mol. The first kappa shape index (κ1) is 13.5. The Kier molecular flexibility index (Phi) is 4.83. The number of rotatable bonds is 5. The van der Waals surface area contributed by atoms with Crippen molar-refractivity contribution in [2.75, 3.05) is 11.5 Å². The molecular formula is C11H17NO2S2. The lowest BCUT2D eigenvalue weighted by molar-refractivity contribution is 0.596. The van der Waals surface area contributed by atoms with E-state index < -0.39 is 10.0 Å². The quantitative estimate of drug-likeness (QED) is 0.650. The maximum Gasteiger partial charge on any atom is 0.209 e. The first-order valence-corrected chi connectivity index (χ1v) is 7.79. The Morgan fingerprint density at radius 2 is 2.00 bits per heavy atom. The highest BCUT2D eigenvalue weighted by Crippen LogP contribution is 2.24. The van der Waals surface area contributed by atoms with Crippen molar-refractivity contribution in [1.29, 1.82) is 0 Å². The molecule has 0 aliphatic carbocycles. The molecule has 1 aromatic rings. The summed E-state index contributed by atoms with van der Waals surface area (Å²) in [6.45, 7) is 4.11. The van der Waals surface area contributed by atoms with Crippen LogP contribution in [0.3, 0.4) is 0 Å². The second kappa shape index (κ2) is 5.70. The number of hydrogen-bond acceptors (Lipinski definition) is 3. The Labute approximate surface area is 101 Å². The van der Waals surface area contributed by atoms with E-state index in [2.05, 4.69) is 25.1 Å². The summed E-state index contributed by atoms with van der Waals surface area (Å²) < 4.78 is 21.5. The molecule has 0 fully saturated rings. The minimum Gasteiger partial charge on any atom is -0.229 e. The van der Waals surface area contributed by atoms with E-state index in [1.807, 2.05) is 6.92 Å². The summed E-state index contributed by atoms with van der Waals surface area (Å²) >= 11 is 1.68. The second-order valence-electron chi connectivity index (χ2n) is 3.84. The van der Waals surface area contributed by atoms with Gasteiger partial charge in [0, 0.05) is 4.90 Å². The van der Waals surface area contributed by atoms with E-state index in [-0.39, 0.29) is 5.75 Å². The molecule has 1 aromatic carbocycles. The first-order chi connectivity index (χ1) is 7.38. The van der Waals surface area contributed by atoms with Crippen LogP contribution in [-0.2, 0) is 10.0 Å². The summed E-state index contributed by atoms with van der Waals surface area (Å²) in [6.07, 6.45) is 0.594. The predicted molar refractivity (Wildman–Crippen MR) is 69.2 cm³/mol. The zero-order valence-corrected chi connectivity index (χ0v) is 11.2. The van der Waals surface area contributed by atoms with Gasteiger partial charge in [-0.2, -0.15) is 0 Å². The van der Waals surface area contributed by atoms with Crippen LogP contribution in [0.5, 0.6) is 0 Å². The van der Waals surface area contributed by atoms with Gasteiger partial charge in [0.1, 0.15) is 0 Å². The van der Waals surface area contributed by atoms with Crippen LogP contribution in [0.1, 0.15) is 17.5 Å². The standard InChI is InChI=1S/C11H17NO2S2/c1-9-4-5-10(2)11(8-9)15-6-3-7-16(12,13)14/h4-5,8H,3,6-7H2,1-2H3,(H2,12,13,14). The average Bonchev–Trinajstić information content (AvgIpc) is 2.16. The van der Waals surface area contributed by atoms with Gasteiger partial charge in [-0.25, -0.2) is 13.6 Å². The van der Waals surface area contributed by atoms with Gasteiger partial charge in [0.15, 0.2) is 0 Å². The van der Waals surface area contributed by atoms with Gasteiger partial charge in [-0.15, -0.1) is 11.8 Å². The van der Waals surface area contributed by atoms with Gasteiger partial charge in [0.25, 0.3) is 0 Å². The fraction of sp³-hybridized carbons (Fsp3) is 0.455. The molecule has 0 spiro atoms. The molecule has 1 rings (SSSR count). The van der Waals surface area contributed by atoms with E-state index in [0.29, 0.717) is 6.42 Å². The van der Waals surface area contributed by atoms with E-state index in [0.717, 1.165) is 5.75 Å². The predicted octanol–water partition coefficient (Wildman–Crippen LogP) is 2.07. The van der Waals surface area contributed by atoms with Gasteiger partial charge >= 0.3 is 0 Å². The highest BCUT2D eigenvalue weighted by Gasteiger charge is 2.03. The monoisotopic (exact) mass is 259 g/mol. The van der Waals surface area contributed by atoms with Crippen molar-refractivity contribution in [2.45, 2.75) is 25.2 Å². The van der Waals surface area contributed by atoms with Gasteiger partial charge in [-0.3, -0.25) is 0 Å². The molecule has 90 valence electrons. The van der Waals surface area contributed by atoms with Gasteiger partial charge in [-0.1, -0.05) is 17.7 Å². The van der Waals surface area contributed by atoms with Crippen molar-refractivity contribution in [1.82, 2.24) is 0 Å². The van der Waals surface area contributed by atoms with Crippen LogP contribution in [0.15, 0.2) is 23.1 Å². The molecule has 2 N–H and O–H groups in total. The molecule has 0 amide bonds. The lowest BCUT2D eigenvalue weighted by atomic mass is 10.2. The minimum atomic E-state index is -3.31. The Morgan fingerprint density at radius 1 is 1.31 bits per heavy atom. The molecule has 0 bridgehead atoms. The third-order valence-electron chi connectivity index (χ3n) is 2.17. The Hall–Kier alpha value is -0.520. The van der Waals surface area contributed by atoms with Gasteiger partial charge in [-0.05, 0) is 37.7 Å². The molecule has 0 aliphatic heterocycles. The van der Waals surface area contributed by atoms with Gasteiger partial charge < -0.3 is 0 Å². The number of nitrogens with two attached hydrogens (primary N) is 1. The molecule has 0 aromatic heterocycles. The molecule has 0 saturated heterocycles. The lowest BCUT2D eigenvalue weighted by Gasteiger charge is -2.06. The van der Waals surface area contributed by atoms with Crippen LogP contribution >= 0.6 is 11.8 Å². The summed E-state index contributed by atoms with van der Waals surface area (Å²) in [4.78, 5) is 1.22. The Morgan fingerprint density at radius 3 is 2.62 bits per heavy atom. The van der Waals surface area contributed by atoms with Crippen molar-refractivity contribution in [3.8, 4) is 0 Å². The van der Waals surface area contributed by atoms with E-state index in [9.17, 15) is 8.42 Å². The summed E-state index contributed by atoms with van der Waals surface area (Å²) in [5.74, 6) is 0.839. The maximum absolute atomic E-state index is 10.7. The molecule has 3 nitrogen and oxygen atoms in total. The third kappa shape index (κ3) is 5.01. The fourth-order valence-electron chi connectivity index (χ4n) is 1.31. The summed E-state index contributed by atoms with van der Waals surface area (Å²) in [5, 5.41) is 4.93.